The van der Waals surface area contributed by atoms with Gasteiger partial charge in [0.2, 0.25) is 0 Å². The van der Waals surface area contributed by atoms with E-state index >= 15 is 0 Å². The van der Waals surface area contributed by atoms with Gasteiger partial charge in [-0.1, -0.05) is 6.07 Å². The molecule has 2 heterocycles. The van der Waals surface area contributed by atoms with Crippen LogP contribution in [-0.4, -0.2) is 54.0 Å². The third-order valence-electron chi connectivity index (χ3n) is 6.10. The Kier molecular flexibility index (Phi) is 5.77. The molecule has 0 fully saturated rings. The van der Waals surface area contributed by atoms with Gasteiger partial charge >= 0.3 is 0 Å². The van der Waals surface area contributed by atoms with Crippen LogP contribution in [0.15, 0.2) is 24.3 Å². The molecule has 4 rings (SSSR count). The van der Waals surface area contributed by atoms with E-state index in [1.165, 1.54) is 5.56 Å². The maximum Gasteiger partial charge on any atom is 0.188 e. The highest BCUT2D eigenvalue weighted by Gasteiger charge is 2.43. The van der Waals surface area contributed by atoms with Crippen LogP contribution in [0.5, 0.6) is 23.0 Å². The molecule has 0 bridgehead atoms. The van der Waals surface area contributed by atoms with Crippen LogP contribution in [0, 0.1) is 0 Å². The molecule has 162 valence electrons. The summed E-state index contributed by atoms with van der Waals surface area (Å²) in [5.74, 6) is 2.72. The number of methoxy groups -OCH3 is 5. The van der Waals surface area contributed by atoms with Gasteiger partial charge in [-0.3, -0.25) is 4.90 Å². The molecular weight excluding hydrogens is 386 g/mol. The summed E-state index contributed by atoms with van der Waals surface area (Å²) in [6, 6.07) is 8.11. The number of rotatable bonds is 5. The van der Waals surface area contributed by atoms with Crippen LogP contribution >= 0.6 is 0 Å². The number of hydrogen-bond acceptors (Lipinski definition) is 7. The zero-order valence-electron chi connectivity index (χ0n) is 18.4. The van der Waals surface area contributed by atoms with E-state index in [4.69, 9.17) is 28.4 Å². The summed E-state index contributed by atoms with van der Waals surface area (Å²) in [6.45, 7) is 0.873. The Bertz CT molecular complexity index is 930. The van der Waals surface area contributed by atoms with Crippen LogP contribution in [0.2, 0.25) is 0 Å². The smallest absolute Gasteiger partial charge is 0.188 e. The largest absolute Gasteiger partial charge is 0.493 e. The van der Waals surface area contributed by atoms with Gasteiger partial charge in [0.1, 0.15) is 6.10 Å². The highest BCUT2D eigenvalue weighted by Crippen LogP contribution is 2.54. The normalized spacial score (nSPS) is 22.9. The lowest BCUT2D eigenvalue weighted by atomic mass is 9.87. The van der Waals surface area contributed by atoms with Crippen molar-refractivity contribution < 1.29 is 28.4 Å². The second-order valence-electron chi connectivity index (χ2n) is 7.51. The fourth-order valence-electron chi connectivity index (χ4n) is 4.65. The van der Waals surface area contributed by atoms with E-state index in [1.54, 1.807) is 35.5 Å². The monoisotopic (exact) mass is 415 g/mol. The molecule has 30 heavy (non-hydrogen) atoms. The second kappa shape index (κ2) is 8.34. The second-order valence-corrected chi connectivity index (χ2v) is 7.51. The summed E-state index contributed by atoms with van der Waals surface area (Å²) < 4.78 is 34.7. The van der Waals surface area contributed by atoms with Crippen molar-refractivity contribution in [3.05, 3.63) is 46.5 Å². The van der Waals surface area contributed by atoms with E-state index in [9.17, 15) is 0 Å². The number of ether oxygens (including phenoxy) is 6. The Balaban J connectivity index is 1.92. The van der Waals surface area contributed by atoms with E-state index in [0.717, 1.165) is 35.4 Å². The average Bonchev–Trinajstić information content (AvgIpc) is 2.92. The lowest BCUT2D eigenvalue weighted by Crippen LogP contribution is -2.35. The fraction of sp³-hybridized carbons (Fsp3) is 0.478. The topological polar surface area (TPSA) is 58.6 Å². The minimum Gasteiger partial charge on any atom is -0.493 e. The van der Waals surface area contributed by atoms with Gasteiger partial charge in [0.15, 0.2) is 29.3 Å². The van der Waals surface area contributed by atoms with Crippen LogP contribution in [0.4, 0.5) is 0 Å². The maximum atomic E-state index is 6.56. The maximum absolute atomic E-state index is 6.56. The van der Waals surface area contributed by atoms with E-state index in [2.05, 4.69) is 24.1 Å². The van der Waals surface area contributed by atoms with Crippen molar-refractivity contribution >= 4 is 0 Å². The van der Waals surface area contributed by atoms with E-state index in [1.807, 2.05) is 12.1 Å². The van der Waals surface area contributed by atoms with Gasteiger partial charge in [-0.05, 0) is 48.4 Å². The molecule has 0 radical (unpaired) electrons. The first-order valence-electron chi connectivity index (χ1n) is 9.95. The van der Waals surface area contributed by atoms with Crippen molar-refractivity contribution in [1.82, 2.24) is 4.90 Å². The average molecular weight is 415 g/mol. The number of fused-ring (bicyclic) bond motifs is 5. The van der Waals surface area contributed by atoms with E-state index < -0.39 is 6.29 Å². The first-order valence-corrected chi connectivity index (χ1v) is 9.95. The molecule has 2 aromatic carbocycles. The third-order valence-corrected chi connectivity index (χ3v) is 6.10. The fourth-order valence-corrected chi connectivity index (χ4v) is 4.65. The van der Waals surface area contributed by atoms with Crippen LogP contribution < -0.4 is 18.9 Å². The molecule has 0 spiro atoms. The van der Waals surface area contributed by atoms with Crippen molar-refractivity contribution in [3.8, 4) is 23.0 Å². The van der Waals surface area contributed by atoms with Gasteiger partial charge in [0.05, 0.1) is 40.0 Å². The van der Waals surface area contributed by atoms with Crippen molar-refractivity contribution in [1.29, 1.82) is 0 Å². The quantitative estimate of drug-likeness (QED) is 0.739. The van der Waals surface area contributed by atoms with Gasteiger partial charge in [-0.15, -0.1) is 0 Å². The van der Waals surface area contributed by atoms with Crippen molar-refractivity contribution in [3.63, 3.8) is 0 Å². The molecule has 0 aliphatic carbocycles. The third kappa shape index (κ3) is 3.17. The van der Waals surface area contributed by atoms with Gasteiger partial charge in [0.25, 0.3) is 0 Å². The predicted octanol–water partition coefficient (Wildman–Crippen LogP) is 3.67. The molecule has 0 saturated carbocycles. The van der Waals surface area contributed by atoms with Gasteiger partial charge in [0, 0.05) is 13.7 Å². The molecule has 7 heteroatoms. The summed E-state index contributed by atoms with van der Waals surface area (Å²) in [7, 11) is 10.3. The van der Waals surface area contributed by atoms with Crippen LogP contribution in [0.3, 0.4) is 0 Å². The van der Waals surface area contributed by atoms with Crippen molar-refractivity contribution in [2.24, 2.45) is 0 Å². The summed E-state index contributed by atoms with van der Waals surface area (Å²) in [6.07, 6.45) is 0.0598. The highest BCUT2D eigenvalue weighted by atomic mass is 16.7. The zero-order chi connectivity index (χ0) is 21.4. The van der Waals surface area contributed by atoms with Gasteiger partial charge in [-0.25, -0.2) is 0 Å². The minimum atomic E-state index is -0.584. The Labute approximate surface area is 177 Å². The summed E-state index contributed by atoms with van der Waals surface area (Å²) >= 11 is 0. The molecule has 7 nitrogen and oxygen atoms in total. The Morgan fingerprint density at radius 3 is 2.20 bits per heavy atom. The van der Waals surface area contributed by atoms with Gasteiger partial charge in [-0.2, -0.15) is 0 Å². The Morgan fingerprint density at radius 1 is 0.867 bits per heavy atom. The van der Waals surface area contributed by atoms with Crippen LogP contribution in [0.25, 0.3) is 0 Å². The molecule has 2 aliphatic heterocycles. The van der Waals surface area contributed by atoms with E-state index in [0.29, 0.717) is 17.2 Å². The zero-order valence-corrected chi connectivity index (χ0v) is 18.4. The molecule has 3 atom stereocenters. The van der Waals surface area contributed by atoms with Crippen molar-refractivity contribution in [2.45, 2.75) is 24.9 Å². The molecule has 0 aromatic heterocycles. The number of benzene rings is 2. The SMILES string of the molecule is COc1cc2c(cc1OC)[C@@H]1O[C@H](OC)c3c(ccc(OC)c3OC)[C@H]1N(C)CC2. The summed E-state index contributed by atoms with van der Waals surface area (Å²) in [4.78, 5) is 2.32. The number of hydrogen-bond donors (Lipinski definition) is 0. The molecule has 0 unspecified atom stereocenters. The van der Waals surface area contributed by atoms with Crippen molar-refractivity contribution in [2.75, 3.05) is 49.1 Å². The Morgan fingerprint density at radius 2 is 1.57 bits per heavy atom. The number of nitrogens with zero attached hydrogens (tertiary/aromatic N) is 1. The molecule has 0 saturated heterocycles. The first-order chi connectivity index (χ1) is 14.6. The lowest BCUT2D eigenvalue weighted by Gasteiger charge is -2.41. The minimum absolute atomic E-state index is 0.00874. The van der Waals surface area contributed by atoms with E-state index in [-0.39, 0.29) is 12.1 Å². The number of likely N-dealkylation sites (N-methyl/N-ethyl adjacent to an activating group) is 1. The molecule has 2 aliphatic rings. The molecule has 2 aromatic rings. The van der Waals surface area contributed by atoms with Crippen LogP contribution in [-0.2, 0) is 15.9 Å². The molecule has 0 amide bonds. The van der Waals surface area contributed by atoms with Gasteiger partial charge < -0.3 is 28.4 Å². The predicted molar refractivity (Wildman–Crippen MR) is 112 cm³/mol. The Hall–Kier alpha value is -2.48. The molecule has 0 N–H and O–H groups in total. The van der Waals surface area contributed by atoms with Crippen LogP contribution in [0.1, 0.15) is 40.7 Å². The summed E-state index contributed by atoms with van der Waals surface area (Å²) in [5.41, 5.74) is 4.26. The first kappa shape index (κ1) is 20.8. The lowest BCUT2D eigenvalue weighted by molar-refractivity contribution is -0.190. The summed E-state index contributed by atoms with van der Waals surface area (Å²) in [5, 5.41) is 0. The highest BCUT2D eigenvalue weighted by molar-refractivity contribution is 5.55. The standard InChI is InChI=1S/C23H29NO6/c1-24-10-9-13-11-17(26-3)18(27-4)12-15(13)21-20(24)14-7-8-16(25-2)22(28-5)19(14)23(29-6)30-21/h7-8,11-12,20-21,23H,9-10H2,1-6H3/t20-,21+,23+/m1/s1. The molecular formula is C23H29NO6.